The molecule has 5 nitrogen and oxygen atoms in total. The van der Waals surface area contributed by atoms with Gasteiger partial charge in [0.15, 0.2) is 0 Å². The first-order valence-electron chi connectivity index (χ1n) is 6.57. The maximum Gasteiger partial charge on any atom is 0.241 e. The van der Waals surface area contributed by atoms with Gasteiger partial charge in [0.05, 0.1) is 12.0 Å². The maximum atomic E-state index is 12.2. The van der Waals surface area contributed by atoms with Crippen LogP contribution in [-0.4, -0.2) is 35.2 Å². The predicted molar refractivity (Wildman–Crippen MR) is 81.5 cm³/mol. The molecule has 1 fully saturated rings. The minimum Gasteiger partial charge on any atom is -0.497 e. The Morgan fingerprint density at radius 3 is 2.90 bits per heavy atom. The minimum absolute atomic E-state index is 0.239. The first-order valence-corrected chi connectivity index (χ1v) is 8.84. The number of sulfonamides is 1. The van der Waals surface area contributed by atoms with Crippen molar-refractivity contribution in [2.75, 3.05) is 26.7 Å². The van der Waals surface area contributed by atoms with E-state index < -0.39 is 10.0 Å². The Morgan fingerprint density at radius 2 is 2.30 bits per heavy atom. The lowest BCUT2D eigenvalue weighted by Crippen LogP contribution is -2.27. The van der Waals surface area contributed by atoms with Gasteiger partial charge in [0.1, 0.15) is 5.75 Å². The summed E-state index contributed by atoms with van der Waals surface area (Å²) in [5.41, 5.74) is 0. The van der Waals surface area contributed by atoms with Crippen LogP contribution in [0.2, 0.25) is 0 Å². The lowest BCUT2D eigenvalue weighted by Gasteiger charge is -2.11. The zero-order valence-electron chi connectivity index (χ0n) is 11.4. The summed E-state index contributed by atoms with van der Waals surface area (Å²) in [6.07, 6.45) is 1.98. The molecule has 1 aliphatic heterocycles. The quantitative estimate of drug-likeness (QED) is 0.808. The normalized spacial score (nSPS) is 19.2. The molecule has 1 saturated heterocycles. The second-order valence-electron chi connectivity index (χ2n) is 4.84. The molecule has 1 heterocycles. The van der Waals surface area contributed by atoms with E-state index in [2.05, 4.69) is 26.0 Å². The van der Waals surface area contributed by atoms with E-state index in [1.54, 1.807) is 25.3 Å². The Labute approximate surface area is 128 Å². The Hall–Kier alpha value is -0.630. The Morgan fingerprint density at radius 1 is 1.50 bits per heavy atom. The van der Waals surface area contributed by atoms with Gasteiger partial charge in [0, 0.05) is 11.0 Å². The highest BCUT2D eigenvalue weighted by Crippen LogP contribution is 2.26. The van der Waals surface area contributed by atoms with E-state index in [4.69, 9.17) is 4.74 Å². The number of methoxy groups -OCH3 is 1. The predicted octanol–water partition coefficient (Wildman–Crippen LogP) is 1.74. The number of benzene rings is 1. The van der Waals surface area contributed by atoms with Gasteiger partial charge in [-0.25, -0.2) is 13.1 Å². The van der Waals surface area contributed by atoms with Crippen molar-refractivity contribution in [3.8, 4) is 5.75 Å². The van der Waals surface area contributed by atoms with Crippen LogP contribution in [0.4, 0.5) is 0 Å². The summed E-state index contributed by atoms with van der Waals surface area (Å²) in [4.78, 5) is 0.239. The molecule has 20 heavy (non-hydrogen) atoms. The number of ether oxygens (including phenoxy) is 1. The highest BCUT2D eigenvalue weighted by atomic mass is 79.9. The highest BCUT2D eigenvalue weighted by Gasteiger charge is 2.19. The van der Waals surface area contributed by atoms with Crippen LogP contribution >= 0.6 is 15.9 Å². The molecule has 1 aromatic rings. The summed E-state index contributed by atoms with van der Waals surface area (Å²) < 4.78 is 32.7. The Bertz CT molecular complexity index is 557. The van der Waals surface area contributed by atoms with Crippen molar-refractivity contribution in [2.24, 2.45) is 5.92 Å². The van der Waals surface area contributed by atoms with Crippen LogP contribution in [0.3, 0.4) is 0 Å². The van der Waals surface area contributed by atoms with Gasteiger partial charge in [-0.05, 0) is 66.0 Å². The summed E-state index contributed by atoms with van der Waals surface area (Å²) in [6, 6.07) is 4.83. The molecule has 0 aliphatic carbocycles. The molecule has 1 aliphatic rings. The summed E-state index contributed by atoms with van der Waals surface area (Å²) in [7, 11) is -1.94. The molecule has 2 N–H and O–H groups in total. The van der Waals surface area contributed by atoms with Crippen LogP contribution in [0.5, 0.6) is 5.75 Å². The minimum atomic E-state index is -3.48. The van der Waals surface area contributed by atoms with Crippen LogP contribution in [0.15, 0.2) is 27.6 Å². The SMILES string of the molecule is COc1ccc(S(=O)(=O)NCCC2CCNC2)c(Br)c1. The van der Waals surface area contributed by atoms with Gasteiger partial charge < -0.3 is 10.1 Å². The molecule has 0 amide bonds. The Balaban J connectivity index is 1.98. The first-order chi connectivity index (χ1) is 9.53. The van der Waals surface area contributed by atoms with E-state index in [-0.39, 0.29) is 4.90 Å². The van der Waals surface area contributed by atoms with Gasteiger partial charge in [0.2, 0.25) is 10.0 Å². The molecule has 7 heteroatoms. The molecule has 0 radical (unpaired) electrons. The van der Waals surface area contributed by atoms with Crippen molar-refractivity contribution < 1.29 is 13.2 Å². The average Bonchev–Trinajstić information content (AvgIpc) is 2.91. The van der Waals surface area contributed by atoms with Crippen LogP contribution in [-0.2, 0) is 10.0 Å². The summed E-state index contributed by atoms with van der Waals surface area (Å²) >= 11 is 3.27. The number of halogens is 1. The molecule has 0 spiro atoms. The lowest BCUT2D eigenvalue weighted by atomic mass is 10.1. The van der Waals surface area contributed by atoms with Crippen molar-refractivity contribution in [3.63, 3.8) is 0 Å². The van der Waals surface area contributed by atoms with E-state index in [0.29, 0.717) is 22.7 Å². The van der Waals surface area contributed by atoms with Crippen LogP contribution in [0.1, 0.15) is 12.8 Å². The molecule has 1 unspecified atom stereocenters. The Kier molecular flexibility index (Phi) is 5.42. The van der Waals surface area contributed by atoms with E-state index in [1.165, 1.54) is 0 Å². The fraction of sp³-hybridized carbons (Fsp3) is 0.538. The molecule has 1 aromatic carbocycles. The van der Waals surface area contributed by atoms with Gasteiger partial charge >= 0.3 is 0 Å². The molecule has 2 rings (SSSR count). The zero-order chi connectivity index (χ0) is 14.6. The largest absolute Gasteiger partial charge is 0.497 e. The fourth-order valence-corrected chi connectivity index (χ4v) is 4.36. The van der Waals surface area contributed by atoms with E-state index in [0.717, 1.165) is 25.9 Å². The first kappa shape index (κ1) is 15.8. The summed E-state index contributed by atoms with van der Waals surface area (Å²) in [5, 5.41) is 3.27. The lowest BCUT2D eigenvalue weighted by molar-refractivity contribution is 0.414. The van der Waals surface area contributed by atoms with Gasteiger partial charge in [-0.2, -0.15) is 0 Å². The topological polar surface area (TPSA) is 67.4 Å². The van der Waals surface area contributed by atoms with Gasteiger partial charge in [-0.1, -0.05) is 0 Å². The molecule has 0 saturated carbocycles. The second kappa shape index (κ2) is 6.89. The van der Waals surface area contributed by atoms with E-state index >= 15 is 0 Å². The van der Waals surface area contributed by atoms with Crippen LogP contribution < -0.4 is 14.8 Å². The van der Waals surface area contributed by atoms with Crippen molar-refractivity contribution in [2.45, 2.75) is 17.7 Å². The summed E-state index contributed by atoms with van der Waals surface area (Å²) in [5.74, 6) is 1.19. The number of rotatable bonds is 6. The molecular weight excluding hydrogens is 344 g/mol. The van der Waals surface area contributed by atoms with Gasteiger partial charge in [-0.3, -0.25) is 0 Å². The van der Waals surface area contributed by atoms with Crippen LogP contribution in [0.25, 0.3) is 0 Å². The second-order valence-corrected chi connectivity index (χ2v) is 7.43. The monoisotopic (exact) mass is 362 g/mol. The van der Waals surface area contributed by atoms with Crippen molar-refractivity contribution >= 4 is 26.0 Å². The number of hydrogen-bond acceptors (Lipinski definition) is 4. The number of hydrogen-bond donors (Lipinski definition) is 2. The molecule has 0 aromatic heterocycles. The zero-order valence-corrected chi connectivity index (χ0v) is 13.8. The molecule has 1 atom stereocenters. The van der Waals surface area contributed by atoms with E-state index in [1.807, 2.05) is 0 Å². The molecule has 112 valence electrons. The maximum absolute atomic E-state index is 12.2. The smallest absolute Gasteiger partial charge is 0.241 e. The van der Waals surface area contributed by atoms with Crippen molar-refractivity contribution in [1.29, 1.82) is 0 Å². The third kappa shape index (κ3) is 3.94. The van der Waals surface area contributed by atoms with Gasteiger partial charge in [-0.15, -0.1) is 0 Å². The number of nitrogens with one attached hydrogen (secondary N) is 2. The van der Waals surface area contributed by atoms with Gasteiger partial charge in [0.25, 0.3) is 0 Å². The van der Waals surface area contributed by atoms with Crippen LogP contribution in [0, 0.1) is 5.92 Å². The third-order valence-electron chi connectivity index (χ3n) is 3.44. The van der Waals surface area contributed by atoms with E-state index in [9.17, 15) is 8.42 Å². The molecule has 0 bridgehead atoms. The highest BCUT2D eigenvalue weighted by molar-refractivity contribution is 9.10. The standard InChI is InChI=1S/C13H19BrN2O3S/c1-19-11-2-3-13(12(14)8-11)20(17,18)16-7-5-10-4-6-15-9-10/h2-3,8,10,15-16H,4-7,9H2,1H3. The third-order valence-corrected chi connectivity index (χ3v) is 5.87. The average molecular weight is 363 g/mol. The summed E-state index contributed by atoms with van der Waals surface area (Å²) in [6.45, 7) is 2.47. The fourth-order valence-electron chi connectivity index (χ4n) is 2.26. The van der Waals surface area contributed by atoms with Crippen molar-refractivity contribution in [1.82, 2.24) is 10.0 Å². The van der Waals surface area contributed by atoms with Crippen molar-refractivity contribution in [3.05, 3.63) is 22.7 Å². The molecular formula is C13H19BrN2O3S.